The van der Waals surface area contributed by atoms with Crippen LogP contribution in [0.25, 0.3) is 0 Å². The lowest BCUT2D eigenvalue weighted by Crippen LogP contribution is -2.43. The van der Waals surface area contributed by atoms with Crippen molar-refractivity contribution in [2.24, 2.45) is 0 Å². The summed E-state index contributed by atoms with van der Waals surface area (Å²) in [6.07, 6.45) is 2.54. The third-order valence-corrected chi connectivity index (χ3v) is 3.80. The standard InChI is InChI=1S/C15H19N3O3/c1-9-14(19)18-12-8-10(5-6-13(12)21-9)17-15(20)11-4-2-3-7-16-11/h5-6,8-9,11,16H,2-4,7H2,1H3,(H,17,20)(H,18,19)/t9?,11-/m1/s1. The molecule has 21 heavy (non-hydrogen) atoms. The van der Waals surface area contributed by atoms with Gasteiger partial charge in [0.05, 0.1) is 11.7 Å². The Morgan fingerprint density at radius 1 is 1.38 bits per heavy atom. The maximum atomic E-state index is 12.2. The lowest BCUT2D eigenvalue weighted by molar-refractivity contribution is -0.122. The molecule has 0 bridgehead atoms. The number of ether oxygens (including phenoxy) is 1. The van der Waals surface area contributed by atoms with E-state index in [4.69, 9.17) is 4.74 Å². The number of piperidine rings is 1. The predicted molar refractivity (Wildman–Crippen MR) is 79.4 cm³/mol. The van der Waals surface area contributed by atoms with E-state index in [2.05, 4.69) is 16.0 Å². The summed E-state index contributed by atoms with van der Waals surface area (Å²) in [5.41, 5.74) is 1.25. The van der Waals surface area contributed by atoms with Gasteiger partial charge in [-0.25, -0.2) is 0 Å². The zero-order valence-corrected chi connectivity index (χ0v) is 11.9. The average molecular weight is 289 g/mol. The molecule has 2 heterocycles. The van der Waals surface area contributed by atoms with E-state index in [0.29, 0.717) is 17.1 Å². The van der Waals surface area contributed by atoms with Gasteiger partial charge in [0.15, 0.2) is 6.10 Å². The number of carbonyl (C=O) groups is 2. The van der Waals surface area contributed by atoms with E-state index in [9.17, 15) is 9.59 Å². The van der Waals surface area contributed by atoms with Crippen LogP contribution in [0.1, 0.15) is 26.2 Å². The Morgan fingerprint density at radius 2 is 2.24 bits per heavy atom. The van der Waals surface area contributed by atoms with E-state index in [1.165, 1.54) is 0 Å². The molecule has 0 saturated carbocycles. The molecule has 0 aromatic heterocycles. The van der Waals surface area contributed by atoms with Crippen LogP contribution in [0.2, 0.25) is 0 Å². The Bertz CT molecular complexity index is 567. The third kappa shape index (κ3) is 3.00. The highest BCUT2D eigenvalue weighted by molar-refractivity contribution is 6.00. The van der Waals surface area contributed by atoms with Crippen LogP contribution < -0.4 is 20.7 Å². The maximum absolute atomic E-state index is 12.2. The lowest BCUT2D eigenvalue weighted by atomic mass is 10.0. The highest BCUT2D eigenvalue weighted by atomic mass is 16.5. The van der Waals surface area contributed by atoms with Crippen LogP contribution in [0.5, 0.6) is 5.75 Å². The van der Waals surface area contributed by atoms with Gasteiger partial charge in [0.25, 0.3) is 5.91 Å². The van der Waals surface area contributed by atoms with Crippen molar-refractivity contribution in [1.82, 2.24) is 5.32 Å². The summed E-state index contributed by atoms with van der Waals surface area (Å²) in [7, 11) is 0. The smallest absolute Gasteiger partial charge is 0.265 e. The second-order valence-electron chi connectivity index (χ2n) is 5.45. The average Bonchev–Trinajstić information content (AvgIpc) is 2.49. The van der Waals surface area contributed by atoms with Crippen LogP contribution in [-0.4, -0.2) is 30.5 Å². The molecule has 6 heteroatoms. The molecule has 2 atom stereocenters. The van der Waals surface area contributed by atoms with Gasteiger partial charge in [-0.3, -0.25) is 9.59 Å². The minimum atomic E-state index is -0.496. The first-order valence-corrected chi connectivity index (χ1v) is 7.29. The van der Waals surface area contributed by atoms with Crippen molar-refractivity contribution >= 4 is 23.2 Å². The summed E-state index contributed by atoms with van der Waals surface area (Å²) in [5.74, 6) is 0.405. The zero-order valence-electron chi connectivity index (χ0n) is 11.9. The van der Waals surface area contributed by atoms with Gasteiger partial charge in [-0.05, 0) is 44.5 Å². The van der Waals surface area contributed by atoms with Gasteiger partial charge in [-0.15, -0.1) is 0 Å². The Morgan fingerprint density at radius 3 is 3.00 bits per heavy atom. The molecule has 1 aromatic rings. The predicted octanol–water partition coefficient (Wildman–Crippen LogP) is 1.49. The summed E-state index contributed by atoms with van der Waals surface area (Å²) in [4.78, 5) is 23.8. The second kappa shape index (κ2) is 5.73. The third-order valence-electron chi connectivity index (χ3n) is 3.80. The number of fused-ring (bicyclic) bond motifs is 1. The Kier molecular flexibility index (Phi) is 3.79. The molecule has 2 aliphatic rings. The Hall–Kier alpha value is -2.08. The number of amides is 2. The summed E-state index contributed by atoms with van der Waals surface area (Å²) in [6, 6.07) is 5.12. The number of carbonyl (C=O) groups excluding carboxylic acids is 2. The summed E-state index contributed by atoms with van der Waals surface area (Å²) < 4.78 is 5.48. The van der Waals surface area contributed by atoms with Gasteiger partial charge < -0.3 is 20.7 Å². The first kappa shape index (κ1) is 13.9. The number of nitrogens with one attached hydrogen (secondary N) is 3. The SMILES string of the molecule is CC1Oc2ccc(NC(=O)[C@H]3CCCCN3)cc2NC1=O. The van der Waals surface area contributed by atoms with Crippen molar-refractivity contribution < 1.29 is 14.3 Å². The molecule has 3 N–H and O–H groups in total. The number of rotatable bonds is 2. The fourth-order valence-corrected chi connectivity index (χ4v) is 2.59. The molecule has 0 spiro atoms. The van der Waals surface area contributed by atoms with Crippen molar-refractivity contribution in [1.29, 1.82) is 0 Å². The van der Waals surface area contributed by atoms with Gasteiger partial charge in [-0.2, -0.15) is 0 Å². The Balaban J connectivity index is 1.70. The van der Waals surface area contributed by atoms with Gasteiger partial charge in [-0.1, -0.05) is 6.42 Å². The van der Waals surface area contributed by atoms with E-state index in [1.54, 1.807) is 25.1 Å². The second-order valence-corrected chi connectivity index (χ2v) is 5.45. The fourth-order valence-electron chi connectivity index (χ4n) is 2.59. The molecular weight excluding hydrogens is 270 g/mol. The van der Waals surface area contributed by atoms with Gasteiger partial charge >= 0.3 is 0 Å². The molecule has 2 amide bonds. The molecule has 0 radical (unpaired) electrons. The zero-order chi connectivity index (χ0) is 14.8. The Labute approximate surface area is 123 Å². The number of anilines is 2. The van der Waals surface area contributed by atoms with Crippen LogP contribution >= 0.6 is 0 Å². The van der Waals surface area contributed by atoms with E-state index in [1.807, 2.05) is 0 Å². The largest absolute Gasteiger partial charge is 0.479 e. The molecule has 2 aliphatic heterocycles. The molecule has 1 saturated heterocycles. The fraction of sp³-hybridized carbons (Fsp3) is 0.467. The quantitative estimate of drug-likeness (QED) is 0.770. The molecule has 112 valence electrons. The summed E-state index contributed by atoms with van der Waals surface area (Å²) in [5, 5.41) is 8.86. The summed E-state index contributed by atoms with van der Waals surface area (Å²) in [6.45, 7) is 2.58. The minimum Gasteiger partial charge on any atom is -0.479 e. The van der Waals surface area contributed by atoms with E-state index >= 15 is 0 Å². The monoisotopic (exact) mass is 289 g/mol. The van der Waals surface area contributed by atoms with Crippen LogP contribution in [0.3, 0.4) is 0 Å². The van der Waals surface area contributed by atoms with Crippen molar-refractivity contribution in [3.63, 3.8) is 0 Å². The maximum Gasteiger partial charge on any atom is 0.265 e. The van der Waals surface area contributed by atoms with Crippen LogP contribution in [0.15, 0.2) is 18.2 Å². The number of hydrogen-bond acceptors (Lipinski definition) is 4. The molecular formula is C15H19N3O3. The molecule has 1 unspecified atom stereocenters. The lowest BCUT2D eigenvalue weighted by Gasteiger charge is -2.25. The van der Waals surface area contributed by atoms with E-state index in [-0.39, 0.29) is 17.9 Å². The highest BCUT2D eigenvalue weighted by Gasteiger charge is 2.24. The van der Waals surface area contributed by atoms with E-state index < -0.39 is 6.10 Å². The van der Waals surface area contributed by atoms with Gasteiger partial charge in [0.2, 0.25) is 5.91 Å². The van der Waals surface area contributed by atoms with Gasteiger partial charge in [0.1, 0.15) is 5.75 Å². The van der Waals surface area contributed by atoms with Crippen LogP contribution in [0.4, 0.5) is 11.4 Å². The topological polar surface area (TPSA) is 79.5 Å². The number of benzene rings is 1. The van der Waals surface area contributed by atoms with Crippen LogP contribution in [0, 0.1) is 0 Å². The van der Waals surface area contributed by atoms with Gasteiger partial charge in [0, 0.05) is 5.69 Å². The normalized spacial score (nSPS) is 24.5. The van der Waals surface area contributed by atoms with Crippen molar-refractivity contribution in [2.45, 2.75) is 38.3 Å². The van der Waals surface area contributed by atoms with Crippen molar-refractivity contribution in [3.8, 4) is 5.75 Å². The van der Waals surface area contributed by atoms with Crippen molar-refractivity contribution in [2.75, 3.05) is 17.2 Å². The summed E-state index contributed by atoms with van der Waals surface area (Å²) >= 11 is 0. The molecule has 6 nitrogen and oxygen atoms in total. The van der Waals surface area contributed by atoms with Crippen molar-refractivity contribution in [3.05, 3.63) is 18.2 Å². The minimum absolute atomic E-state index is 0.0360. The first-order chi connectivity index (χ1) is 10.1. The number of hydrogen-bond donors (Lipinski definition) is 3. The molecule has 0 aliphatic carbocycles. The molecule has 1 fully saturated rings. The van der Waals surface area contributed by atoms with Crippen LogP contribution in [-0.2, 0) is 9.59 Å². The highest BCUT2D eigenvalue weighted by Crippen LogP contribution is 2.32. The molecule has 1 aromatic carbocycles. The van der Waals surface area contributed by atoms with E-state index in [0.717, 1.165) is 25.8 Å². The molecule has 3 rings (SSSR count). The first-order valence-electron chi connectivity index (χ1n) is 7.29.